The normalized spacial score (nSPS) is 10.4. The van der Waals surface area contributed by atoms with E-state index in [9.17, 15) is 4.79 Å². The predicted molar refractivity (Wildman–Crippen MR) is 96.4 cm³/mol. The number of benzene rings is 2. The first-order valence-electron chi connectivity index (χ1n) is 6.15. The maximum atomic E-state index is 11.1. The van der Waals surface area contributed by atoms with E-state index in [1.807, 2.05) is 12.1 Å². The van der Waals surface area contributed by atoms with Crippen LogP contribution in [0.2, 0.25) is 5.02 Å². The third-order valence-corrected chi connectivity index (χ3v) is 5.12. The van der Waals surface area contributed by atoms with Gasteiger partial charge in [0.15, 0.2) is 11.5 Å². The Morgan fingerprint density at radius 2 is 1.95 bits per heavy atom. The van der Waals surface area contributed by atoms with Gasteiger partial charge in [-0.25, -0.2) is 0 Å². The predicted octanol–water partition coefficient (Wildman–Crippen LogP) is 4.21. The molecule has 2 aromatic rings. The molecule has 0 unspecified atom stereocenters. The molecule has 2 rings (SSSR count). The van der Waals surface area contributed by atoms with Gasteiger partial charge in [0, 0.05) is 15.4 Å². The number of nitrogens with two attached hydrogens (primary N) is 1. The highest BCUT2D eigenvalue weighted by Gasteiger charge is 2.13. The Balaban J connectivity index is 2.35. The summed E-state index contributed by atoms with van der Waals surface area (Å²) < 4.78 is 11.6. The number of amides is 1. The molecule has 22 heavy (non-hydrogen) atoms. The van der Waals surface area contributed by atoms with Crippen LogP contribution in [0.15, 0.2) is 40.1 Å². The lowest BCUT2D eigenvalue weighted by atomic mass is 10.2. The molecule has 2 aromatic carbocycles. The number of halogens is 2. The van der Waals surface area contributed by atoms with E-state index in [-0.39, 0.29) is 0 Å². The standard InChI is InChI=1S/C15H13ClINO3S/c1-20-12-7-9(6-11(17)14(12)21-2)22-13-4-3-8(15(18)19)5-10(13)16/h3-7H,1-2H3,(H2,18,19). The average molecular weight is 450 g/mol. The molecular weight excluding hydrogens is 437 g/mol. The quantitative estimate of drug-likeness (QED) is 0.695. The minimum atomic E-state index is -0.501. The first-order valence-corrected chi connectivity index (χ1v) is 8.42. The zero-order chi connectivity index (χ0) is 16.3. The Labute approximate surface area is 151 Å². The van der Waals surface area contributed by atoms with E-state index < -0.39 is 5.91 Å². The third-order valence-electron chi connectivity index (χ3n) is 2.85. The molecule has 116 valence electrons. The molecule has 0 radical (unpaired) electrons. The zero-order valence-electron chi connectivity index (χ0n) is 11.9. The minimum absolute atomic E-state index is 0.385. The van der Waals surface area contributed by atoms with Crippen LogP contribution in [0.3, 0.4) is 0 Å². The highest BCUT2D eigenvalue weighted by molar-refractivity contribution is 14.1. The second-order valence-corrected chi connectivity index (χ2v) is 6.94. The lowest BCUT2D eigenvalue weighted by molar-refractivity contribution is 0.1000. The lowest BCUT2D eigenvalue weighted by Gasteiger charge is -2.12. The van der Waals surface area contributed by atoms with Crippen molar-refractivity contribution in [2.45, 2.75) is 9.79 Å². The van der Waals surface area contributed by atoms with Crippen molar-refractivity contribution in [2.24, 2.45) is 5.73 Å². The van der Waals surface area contributed by atoms with Crippen molar-refractivity contribution in [3.63, 3.8) is 0 Å². The van der Waals surface area contributed by atoms with Gasteiger partial charge in [0.25, 0.3) is 0 Å². The largest absolute Gasteiger partial charge is 0.493 e. The summed E-state index contributed by atoms with van der Waals surface area (Å²) in [5, 5.41) is 0.478. The Bertz CT molecular complexity index is 724. The maximum Gasteiger partial charge on any atom is 0.248 e. The Hall–Kier alpha value is -1.12. The van der Waals surface area contributed by atoms with Gasteiger partial charge in [0.05, 0.1) is 22.8 Å². The zero-order valence-corrected chi connectivity index (χ0v) is 15.6. The van der Waals surface area contributed by atoms with E-state index in [1.54, 1.807) is 32.4 Å². The molecule has 4 nitrogen and oxygen atoms in total. The summed E-state index contributed by atoms with van der Waals surface area (Å²) in [4.78, 5) is 12.9. The molecule has 0 saturated heterocycles. The van der Waals surface area contributed by atoms with Crippen LogP contribution >= 0.6 is 46.0 Å². The first-order chi connectivity index (χ1) is 10.5. The fourth-order valence-corrected chi connectivity index (χ4v) is 4.04. The third kappa shape index (κ3) is 3.80. The summed E-state index contributed by atoms with van der Waals surface area (Å²) in [5.41, 5.74) is 5.62. The fraction of sp³-hybridized carbons (Fsp3) is 0.133. The van der Waals surface area contributed by atoms with E-state index in [4.69, 9.17) is 26.8 Å². The van der Waals surface area contributed by atoms with Gasteiger partial charge in [0.1, 0.15) is 0 Å². The molecule has 0 bridgehead atoms. The molecule has 0 spiro atoms. The van der Waals surface area contributed by atoms with E-state index >= 15 is 0 Å². The number of hydrogen-bond donors (Lipinski definition) is 1. The molecule has 0 fully saturated rings. The van der Waals surface area contributed by atoms with Gasteiger partial charge >= 0.3 is 0 Å². The molecule has 0 heterocycles. The number of carbonyl (C=O) groups is 1. The van der Waals surface area contributed by atoms with Crippen molar-refractivity contribution in [1.82, 2.24) is 0 Å². The number of ether oxygens (including phenoxy) is 2. The van der Waals surface area contributed by atoms with Crippen LogP contribution in [0.25, 0.3) is 0 Å². The molecule has 1 amide bonds. The van der Waals surface area contributed by atoms with Crippen molar-refractivity contribution < 1.29 is 14.3 Å². The van der Waals surface area contributed by atoms with Crippen molar-refractivity contribution in [2.75, 3.05) is 14.2 Å². The Morgan fingerprint density at radius 1 is 1.23 bits per heavy atom. The minimum Gasteiger partial charge on any atom is -0.493 e. The molecule has 0 aliphatic rings. The number of methoxy groups -OCH3 is 2. The van der Waals surface area contributed by atoms with E-state index in [0.717, 1.165) is 13.4 Å². The van der Waals surface area contributed by atoms with Crippen LogP contribution in [0.4, 0.5) is 0 Å². The van der Waals surface area contributed by atoms with E-state index in [1.165, 1.54) is 11.8 Å². The second kappa shape index (κ2) is 7.43. The number of hydrogen-bond acceptors (Lipinski definition) is 4. The Kier molecular flexibility index (Phi) is 5.82. The van der Waals surface area contributed by atoms with Gasteiger partial charge in [-0.2, -0.15) is 0 Å². The van der Waals surface area contributed by atoms with Gasteiger partial charge in [0.2, 0.25) is 5.91 Å². The van der Waals surface area contributed by atoms with Crippen molar-refractivity contribution >= 4 is 51.9 Å². The van der Waals surface area contributed by atoms with E-state index in [0.29, 0.717) is 22.1 Å². The maximum absolute atomic E-state index is 11.1. The van der Waals surface area contributed by atoms with Gasteiger partial charge in [-0.15, -0.1) is 0 Å². The summed E-state index contributed by atoms with van der Waals surface area (Å²) in [5.74, 6) is 0.850. The smallest absolute Gasteiger partial charge is 0.248 e. The number of rotatable bonds is 5. The number of carbonyl (C=O) groups excluding carboxylic acids is 1. The Morgan fingerprint density at radius 3 is 2.50 bits per heavy atom. The van der Waals surface area contributed by atoms with Crippen molar-refractivity contribution in [3.8, 4) is 11.5 Å². The molecule has 0 aliphatic carbocycles. The van der Waals surface area contributed by atoms with Crippen LogP contribution in [0.5, 0.6) is 11.5 Å². The van der Waals surface area contributed by atoms with Crippen LogP contribution in [-0.2, 0) is 0 Å². The molecule has 0 saturated carbocycles. The first kappa shape index (κ1) is 17.2. The summed E-state index contributed by atoms with van der Waals surface area (Å²) in [7, 11) is 3.20. The van der Waals surface area contributed by atoms with Crippen LogP contribution in [0.1, 0.15) is 10.4 Å². The lowest BCUT2D eigenvalue weighted by Crippen LogP contribution is -2.10. The van der Waals surface area contributed by atoms with Gasteiger partial charge in [-0.3, -0.25) is 4.79 Å². The van der Waals surface area contributed by atoms with Crippen molar-refractivity contribution in [3.05, 3.63) is 44.5 Å². The summed E-state index contributed by atoms with van der Waals surface area (Å²) >= 11 is 9.87. The molecule has 0 atom stereocenters. The average Bonchev–Trinajstić information content (AvgIpc) is 2.48. The summed E-state index contributed by atoms with van der Waals surface area (Å²) in [6, 6.07) is 8.85. The van der Waals surface area contributed by atoms with Crippen LogP contribution in [0, 0.1) is 3.57 Å². The van der Waals surface area contributed by atoms with Crippen LogP contribution in [-0.4, -0.2) is 20.1 Å². The highest BCUT2D eigenvalue weighted by atomic mass is 127. The molecule has 0 aromatic heterocycles. The fourth-order valence-electron chi connectivity index (χ4n) is 1.82. The number of primary amides is 1. The molecular formula is C15H13ClINO3S. The molecule has 7 heteroatoms. The second-order valence-electron chi connectivity index (χ2n) is 4.25. The monoisotopic (exact) mass is 449 g/mol. The van der Waals surface area contributed by atoms with Crippen molar-refractivity contribution in [1.29, 1.82) is 0 Å². The summed E-state index contributed by atoms with van der Waals surface area (Å²) in [6.45, 7) is 0. The topological polar surface area (TPSA) is 61.5 Å². The molecule has 0 aliphatic heterocycles. The van der Waals surface area contributed by atoms with Gasteiger partial charge in [-0.1, -0.05) is 23.4 Å². The highest BCUT2D eigenvalue weighted by Crippen LogP contribution is 2.40. The summed E-state index contributed by atoms with van der Waals surface area (Å²) in [6.07, 6.45) is 0. The molecule has 2 N–H and O–H groups in total. The van der Waals surface area contributed by atoms with Gasteiger partial charge < -0.3 is 15.2 Å². The van der Waals surface area contributed by atoms with Crippen LogP contribution < -0.4 is 15.2 Å². The van der Waals surface area contributed by atoms with Gasteiger partial charge in [-0.05, 0) is 52.9 Å². The van der Waals surface area contributed by atoms with E-state index in [2.05, 4.69) is 22.6 Å². The SMILES string of the molecule is COc1cc(Sc2ccc(C(N)=O)cc2Cl)cc(I)c1OC.